The molecule has 1 heterocycles. The predicted molar refractivity (Wildman–Crippen MR) is 53.3 cm³/mol. The van der Waals surface area contributed by atoms with Crippen molar-refractivity contribution in [3.8, 4) is 0 Å². The largest absolute Gasteiger partial charge is 0.439 e. The maximum absolute atomic E-state index is 12.3. The Hall–Kier alpha value is -1.72. The van der Waals surface area contributed by atoms with Crippen molar-refractivity contribution in [2.75, 3.05) is 0 Å². The Labute approximate surface area is 95.6 Å². The number of rotatable bonds is 2. The number of amides is 1. The van der Waals surface area contributed by atoms with Crippen molar-refractivity contribution in [3.63, 3.8) is 0 Å². The molecule has 0 radical (unpaired) electrons. The van der Waals surface area contributed by atoms with Crippen molar-refractivity contribution >= 4 is 6.09 Å². The van der Waals surface area contributed by atoms with Gasteiger partial charge in [-0.3, -0.25) is 0 Å². The van der Waals surface area contributed by atoms with Crippen molar-refractivity contribution in [2.45, 2.75) is 24.7 Å². The van der Waals surface area contributed by atoms with Gasteiger partial charge in [-0.1, -0.05) is 30.3 Å². The number of nitrogens with one attached hydrogen (secondary N) is 1. The van der Waals surface area contributed by atoms with Crippen molar-refractivity contribution in [1.82, 2.24) is 5.32 Å². The summed E-state index contributed by atoms with van der Waals surface area (Å²) in [6, 6.07) is 7.32. The molecule has 1 aromatic carbocycles. The minimum Gasteiger partial charge on any atom is -0.439 e. The van der Waals surface area contributed by atoms with Gasteiger partial charge in [-0.25, -0.2) is 4.79 Å². The molecule has 17 heavy (non-hydrogen) atoms. The van der Waals surface area contributed by atoms with Crippen molar-refractivity contribution in [2.24, 2.45) is 0 Å². The van der Waals surface area contributed by atoms with Crippen LogP contribution in [-0.4, -0.2) is 18.3 Å². The van der Waals surface area contributed by atoms with Gasteiger partial charge in [0.2, 0.25) is 0 Å². The maximum atomic E-state index is 12.3. The van der Waals surface area contributed by atoms with Crippen molar-refractivity contribution < 1.29 is 22.7 Å². The molecule has 92 valence electrons. The monoisotopic (exact) mass is 245 g/mol. The Morgan fingerprint density at radius 3 is 2.47 bits per heavy atom. The van der Waals surface area contributed by atoms with Gasteiger partial charge in [0, 0.05) is 0 Å². The quantitative estimate of drug-likeness (QED) is 0.870. The Morgan fingerprint density at radius 2 is 1.88 bits per heavy atom. The zero-order chi connectivity index (χ0) is 12.5. The fourth-order valence-electron chi connectivity index (χ4n) is 1.81. The van der Waals surface area contributed by atoms with Crippen LogP contribution in [0.25, 0.3) is 0 Å². The lowest BCUT2D eigenvalue weighted by Gasteiger charge is -2.18. The molecule has 1 aliphatic heterocycles. The number of carbonyl (C=O) groups excluding carboxylic acids is 1. The Kier molecular flexibility index (Phi) is 2.95. The summed E-state index contributed by atoms with van der Waals surface area (Å²) in [5, 5.41) is 2.18. The zero-order valence-electron chi connectivity index (χ0n) is 8.70. The molecule has 1 amide bonds. The van der Waals surface area contributed by atoms with E-state index in [0.29, 0.717) is 5.56 Å². The van der Waals surface area contributed by atoms with E-state index in [1.807, 2.05) is 0 Å². The van der Waals surface area contributed by atoms with Crippen molar-refractivity contribution in [3.05, 3.63) is 35.9 Å². The molecule has 0 saturated carbocycles. The second-order valence-corrected chi connectivity index (χ2v) is 3.81. The van der Waals surface area contributed by atoms with Crippen LogP contribution >= 0.6 is 0 Å². The fourth-order valence-corrected chi connectivity index (χ4v) is 1.81. The van der Waals surface area contributed by atoms with Gasteiger partial charge in [0.05, 0.1) is 12.5 Å². The van der Waals surface area contributed by atoms with Gasteiger partial charge in [0.15, 0.2) is 0 Å². The van der Waals surface area contributed by atoms with Crippen LogP contribution in [-0.2, 0) is 4.74 Å². The van der Waals surface area contributed by atoms with Gasteiger partial charge in [0.1, 0.15) is 6.10 Å². The smallest absolute Gasteiger partial charge is 0.408 e. The fraction of sp³-hybridized carbons (Fsp3) is 0.364. The molecule has 6 heteroatoms. The Balaban J connectivity index is 2.17. The number of ether oxygens (including phenoxy) is 1. The number of carbonyl (C=O) groups is 1. The highest BCUT2D eigenvalue weighted by molar-refractivity contribution is 5.70. The number of alkyl halides is 3. The summed E-state index contributed by atoms with van der Waals surface area (Å²) in [5.41, 5.74) is 0.556. The lowest BCUT2D eigenvalue weighted by Crippen LogP contribution is -2.32. The minimum absolute atomic E-state index is 0.556. The van der Waals surface area contributed by atoms with Gasteiger partial charge in [-0.05, 0) is 5.56 Å². The average molecular weight is 245 g/mol. The molecule has 1 N–H and O–H groups in total. The number of halogens is 3. The summed E-state index contributed by atoms with van der Waals surface area (Å²) < 4.78 is 41.8. The van der Waals surface area contributed by atoms with Crippen LogP contribution in [0.3, 0.4) is 0 Å². The van der Waals surface area contributed by atoms with Crippen LogP contribution in [0.1, 0.15) is 18.1 Å². The van der Waals surface area contributed by atoms with Crippen LogP contribution in [0.15, 0.2) is 30.3 Å². The number of alkyl carbamates (subject to hydrolysis) is 1. The molecule has 1 aromatic rings. The number of cyclic esters (lactones) is 1. The van der Waals surface area contributed by atoms with E-state index >= 15 is 0 Å². The van der Waals surface area contributed by atoms with Crippen LogP contribution in [0.2, 0.25) is 0 Å². The summed E-state index contributed by atoms with van der Waals surface area (Å²) in [5.74, 6) is 0. The molecular formula is C11H10F3NO2. The Bertz CT molecular complexity index is 405. The lowest BCUT2D eigenvalue weighted by molar-refractivity contribution is -0.142. The van der Waals surface area contributed by atoms with Gasteiger partial charge in [-0.2, -0.15) is 13.2 Å². The molecule has 2 rings (SSSR count). The third-order valence-corrected chi connectivity index (χ3v) is 2.48. The summed E-state index contributed by atoms with van der Waals surface area (Å²) in [6.07, 6.45) is -7.13. The molecule has 0 unspecified atom stereocenters. The summed E-state index contributed by atoms with van der Waals surface area (Å²) in [7, 11) is 0. The minimum atomic E-state index is -4.33. The Morgan fingerprint density at radius 1 is 1.24 bits per heavy atom. The molecule has 0 bridgehead atoms. The van der Waals surface area contributed by atoms with Gasteiger partial charge in [-0.15, -0.1) is 0 Å². The molecule has 1 aliphatic rings. The van der Waals surface area contributed by atoms with E-state index < -0.39 is 30.8 Å². The molecule has 0 spiro atoms. The third-order valence-electron chi connectivity index (χ3n) is 2.48. The first kappa shape index (κ1) is 11.8. The standard InChI is InChI=1S/C11H10F3NO2/c12-11(13,14)6-8-9(17-10(16)15-8)7-4-2-1-3-5-7/h1-5,8-9H,6H2,(H,15,16)/t8-,9-/m1/s1. The normalized spacial score (nSPS) is 24.3. The van der Waals surface area contributed by atoms with Gasteiger partial charge < -0.3 is 10.1 Å². The average Bonchev–Trinajstić information content (AvgIpc) is 2.58. The molecular weight excluding hydrogens is 235 g/mol. The van der Waals surface area contributed by atoms with Gasteiger partial charge in [0.25, 0.3) is 0 Å². The molecule has 2 atom stereocenters. The second-order valence-electron chi connectivity index (χ2n) is 3.81. The number of benzene rings is 1. The highest BCUT2D eigenvalue weighted by atomic mass is 19.4. The van der Waals surface area contributed by atoms with E-state index in [-0.39, 0.29) is 0 Å². The first-order valence-electron chi connectivity index (χ1n) is 5.04. The van der Waals surface area contributed by atoms with E-state index in [1.165, 1.54) is 0 Å². The highest BCUT2D eigenvalue weighted by Crippen LogP contribution is 2.33. The van der Waals surface area contributed by atoms with E-state index in [9.17, 15) is 18.0 Å². The summed E-state index contributed by atoms with van der Waals surface area (Å²) in [4.78, 5) is 11.0. The lowest BCUT2D eigenvalue weighted by atomic mass is 10.0. The van der Waals surface area contributed by atoms with Gasteiger partial charge >= 0.3 is 12.3 Å². The zero-order valence-corrected chi connectivity index (χ0v) is 8.70. The van der Waals surface area contributed by atoms with Crippen LogP contribution in [0, 0.1) is 0 Å². The molecule has 1 saturated heterocycles. The second kappa shape index (κ2) is 4.27. The summed E-state index contributed by atoms with van der Waals surface area (Å²) in [6.45, 7) is 0. The van der Waals surface area contributed by atoms with Crippen molar-refractivity contribution in [1.29, 1.82) is 0 Å². The van der Waals surface area contributed by atoms with E-state index in [4.69, 9.17) is 4.74 Å². The van der Waals surface area contributed by atoms with Crippen LogP contribution in [0.4, 0.5) is 18.0 Å². The molecule has 3 nitrogen and oxygen atoms in total. The molecule has 0 aliphatic carbocycles. The predicted octanol–water partition coefficient (Wildman–Crippen LogP) is 2.79. The highest BCUT2D eigenvalue weighted by Gasteiger charge is 2.42. The SMILES string of the molecule is O=C1N[C@H](CC(F)(F)F)[C@@H](c2ccccc2)O1. The van der Waals surface area contributed by atoms with E-state index in [0.717, 1.165) is 0 Å². The summed E-state index contributed by atoms with van der Waals surface area (Å²) >= 11 is 0. The van der Waals surface area contributed by atoms with Crippen LogP contribution in [0.5, 0.6) is 0 Å². The number of hydrogen-bond acceptors (Lipinski definition) is 2. The third kappa shape index (κ3) is 2.89. The first-order valence-corrected chi connectivity index (χ1v) is 5.04. The van der Waals surface area contributed by atoms with E-state index in [2.05, 4.69) is 5.32 Å². The maximum Gasteiger partial charge on any atom is 0.408 e. The van der Waals surface area contributed by atoms with Crippen LogP contribution < -0.4 is 5.32 Å². The number of hydrogen-bond donors (Lipinski definition) is 1. The topological polar surface area (TPSA) is 38.3 Å². The molecule has 1 fully saturated rings. The first-order chi connectivity index (χ1) is 7.96. The molecule has 0 aromatic heterocycles. The van der Waals surface area contributed by atoms with E-state index in [1.54, 1.807) is 30.3 Å².